The summed E-state index contributed by atoms with van der Waals surface area (Å²) in [5.74, 6) is -0.0892. The molecule has 0 aliphatic heterocycles. The van der Waals surface area contributed by atoms with E-state index in [2.05, 4.69) is 51.9 Å². The Morgan fingerprint density at radius 1 is 1.18 bits per heavy atom. The molecule has 0 heterocycles. The number of carbonyl (C=O) groups excluding carboxylic acids is 1. The molecule has 0 aromatic heterocycles. The molecule has 0 radical (unpaired) electrons. The monoisotopic (exact) mass is 349 g/mol. The zero-order chi connectivity index (χ0) is 16.0. The Labute approximate surface area is 143 Å². The van der Waals surface area contributed by atoms with Gasteiger partial charge in [0.15, 0.2) is 17.4 Å². The summed E-state index contributed by atoms with van der Waals surface area (Å²) in [5.41, 5.74) is 0. The molecule has 1 amide bonds. The van der Waals surface area contributed by atoms with Gasteiger partial charge in [0, 0.05) is 6.54 Å². The number of rotatable bonds is 9. The van der Waals surface area contributed by atoms with Gasteiger partial charge in [0.05, 0.1) is 0 Å². The van der Waals surface area contributed by atoms with Crippen LogP contribution in [0, 0.1) is 0 Å². The van der Waals surface area contributed by atoms with Crippen molar-refractivity contribution in [1.29, 1.82) is 0 Å². The van der Waals surface area contributed by atoms with Crippen LogP contribution >= 0.6 is 0 Å². The van der Waals surface area contributed by atoms with E-state index >= 15 is 0 Å². The van der Waals surface area contributed by atoms with Crippen molar-refractivity contribution < 1.29 is 8.91 Å². The van der Waals surface area contributed by atoms with Crippen molar-refractivity contribution in [3.63, 3.8) is 0 Å². The molecule has 0 aliphatic rings. The van der Waals surface area contributed by atoms with E-state index in [0.717, 1.165) is 19.0 Å². The lowest BCUT2D eigenvalue weighted by atomic mass is 10.3. The minimum atomic E-state index is -1.46. The summed E-state index contributed by atoms with van der Waals surface area (Å²) in [4.78, 5) is 10.9. The third-order valence-corrected chi connectivity index (χ3v) is 8.70. The van der Waals surface area contributed by atoms with Crippen molar-refractivity contribution in [3.8, 4) is 0 Å². The first-order valence-electron chi connectivity index (χ1n) is 7.87. The van der Waals surface area contributed by atoms with Gasteiger partial charge in [0.25, 0.3) is 0 Å². The molecule has 0 aromatic carbocycles. The first-order chi connectivity index (χ1) is 9.29. The average Bonchev–Trinajstić information content (AvgIpc) is 2.34. The molecule has 0 fully saturated rings. The van der Waals surface area contributed by atoms with E-state index < -0.39 is 17.4 Å². The Bertz CT molecular complexity index is 255. The number of hydrogen-bond acceptors (Lipinski definition) is 2. The van der Waals surface area contributed by atoms with E-state index in [4.69, 9.17) is 4.12 Å². The molecule has 22 heavy (non-hydrogen) atoms. The van der Waals surface area contributed by atoms with Gasteiger partial charge in [-0.2, -0.15) is 0 Å². The quantitative estimate of drug-likeness (QED) is 0.346. The Morgan fingerprint density at radius 2 is 1.68 bits per heavy atom. The van der Waals surface area contributed by atoms with Crippen LogP contribution in [0.3, 0.4) is 0 Å². The van der Waals surface area contributed by atoms with Crippen LogP contribution in [0.25, 0.3) is 0 Å². The SMILES string of the molecule is C.C.C=CC(=O)NCCC[Si](C)(C)O[SiH](C)C.CCCCC. The molecular formula is C17H43NO2Si2. The molecule has 1 N–H and O–H groups in total. The minimum Gasteiger partial charge on any atom is -0.458 e. The fourth-order valence-electron chi connectivity index (χ4n) is 1.85. The van der Waals surface area contributed by atoms with Crippen molar-refractivity contribution in [3.05, 3.63) is 12.7 Å². The predicted octanol–water partition coefficient (Wildman–Crippen LogP) is 5.35. The fourth-order valence-corrected chi connectivity index (χ4v) is 8.45. The lowest BCUT2D eigenvalue weighted by Gasteiger charge is -2.25. The maximum atomic E-state index is 10.9. The molecule has 0 aromatic rings. The lowest BCUT2D eigenvalue weighted by Crippen LogP contribution is -2.36. The highest BCUT2D eigenvalue weighted by atomic mass is 28.4. The molecule has 5 heteroatoms. The number of amides is 1. The summed E-state index contributed by atoms with van der Waals surface area (Å²) in [6, 6.07) is 1.11. The van der Waals surface area contributed by atoms with E-state index in [1.165, 1.54) is 25.3 Å². The summed E-state index contributed by atoms with van der Waals surface area (Å²) in [6.07, 6.45) is 6.38. The number of unbranched alkanes of at least 4 members (excludes halogenated alkanes) is 2. The highest BCUT2D eigenvalue weighted by molar-refractivity contribution is 6.77. The zero-order valence-electron chi connectivity index (χ0n) is 14.4. The maximum Gasteiger partial charge on any atom is 0.243 e. The fraction of sp³-hybridized carbons (Fsp3) is 0.824. The van der Waals surface area contributed by atoms with Gasteiger partial charge in [0.2, 0.25) is 5.91 Å². The summed E-state index contributed by atoms with van der Waals surface area (Å²) >= 11 is 0. The topological polar surface area (TPSA) is 38.3 Å². The minimum absolute atomic E-state index is 0. The molecule has 136 valence electrons. The molecule has 0 saturated carbocycles. The Morgan fingerprint density at radius 3 is 2.00 bits per heavy atom. The standard InChI is InChI=1S/C10H23NO2Si2.C5H12.2CH4/c1-6-10(12)11-8-7-9-15(4,5)13-14(2)3;1-3-5-4-2;;/h6,14H,1,7-9H2,2-5H3,(H,11,12);3-5H2,1-2H3;2*1H4. The van der Waals surface area contributed by atoms with Gasteiger partial charge in [-0.3, -0.25) is 4.79 Å². The second-order valence-electron chi connectivity index (χ2n) is 5.88. The van der Waals surface area contributed by atoms with Crippen LogP contribution in [0.5, 0.6) is 0 Å². The first-order valence-corrected chi connectivity index (χ1v) is 13.8. The molecule has 0 spiro atoms. The van der Waals surface area contributed by atoms with Gasteiger partial charge in [-0.25, -0.2) is 0 Å². The first kappa shape index (κ1) is 29.6. The van der Waals surface area contributed by atoms with Crippen LogP contribution in [0.2, 0.25) is 32.2 Å². The van der Waals surface area contributed by atoms with E-state index in [9.17, 15) is 4.79 Å². The van der Waals surface area contributed by atoms with Crippen molar-refractivity contribution in [2.45, 2.75) is 86.6 Å². The smallest absolute Gasteiger partial charge is 0.243 e. The molecule has 0 bridgehead atoms. The largest absolute Gasteiger partial charge is 0.458 e. The molecule has 0 aliphatic carbocycles. The van der Waals surface area contributed by atoms with Gasteiger partial charge >= 0.3 is 0 Å². The van der Waals surface area contributed by atoms with Gasteiger partial charge in [-0.1, -0.05) is 54.5 Å². The van der Waals surface area contributed by atoms with Crippen LogP contribution in [-0.4, -0.2) is 29.8 Å². The van der Waals surface area contributed by atoms with Crippen LogP contribution in [0.4, 0.5) is 0 Å². The van der Waals surface area contributed by atoms with Gasteiger partial charge < -0.3 is 9.43 Å². The third kappa shape index (κ3) is 24.6. The molecule has 0 rings (SSSR count). The third-order valence-electron chi connectivity index (χ3n) is 2.70. The predicted molar refractivity (Wildman–Crippen MR) is 109 cm³/mol. The molecule has 3 nitrogen and oxygen atoms in total. The second-order valence-corrected chi connectivity index (χ2v) is 12.9. The van der Waals surface area contributed by atoms with E-state index in [0.29, 0.717) is 0 Å². The number of carbonyl (C=O) groups is 1. The second kappa shape index (κ2) is 18.7. The van der Waals surface area contributed by atoms with Gasteiger partial charge in [0.1, 0.15) is 0 Å². The maximum absolute atomic E-state index is 10.9. The highest BCUT2D eigenvalue weighted by Crippen LogP contribution is 2.14. The number of nitrogens with one attached hydrogen (secondary N) is 1. The summed E-state index contributed by atoms with van der Waals surface area (Å²) in [7, 11) is -2.38. The zero-order valence-corrected chi connectivity index (χ0v) is 16.6. The average molecular weight is 350 g/mol. The van der Waals surface area contributed by atoms with Crippen LogP contribution < -0.4 is 5.32 Å². The van der Waals surface area contributed by atoms with Crippen molar-refractivity contribution >= 4 is 23.3 Å². The lowest BCUT2D eigenvalue weighted by molar-refractivity contribution is -0.116. The number of hydrogen-bond donors (Lipinski definition) is 1. The van der Waals surface area contributed by atoms with Crippen molar-refractivity contribution in [2.75, 3.05) is 6.54 Å². The normalized spacial score (nSPS) is 9.77. The molecule has 0 unspecified atom stereocenters. The summed E-state index contributed by atoms with van der Waals surface area (Å²) in [5, 5.41) is 2.78. The van der Waals surface area contributed by atoms with Crippen LogP contribution in [0.15, 0.2) is 12.7 Å². The summed E-state index contributed by atoms with van der Waals surface area (Å²) < 4.78 is 6.02. The van der Waals surface area contributed by atoms with Gasteiger partial charge in [-0.15, -0.1) is 0 Å². The van der Waals surface area contributed by atoms with Crippen molar-refractivity contribution in [1.82, 2.24) is 5.32 Å². The van der Waals surface area contributed by atoms with Crippen molar-refractivity contribution in [2.24, 2.45) is 0 Å². The summed E-state index contributed by atoms with van der Waals surface area (Å²) in [6.45, 7) is 17.5. The molecule has 0 saturated heterocycles. The van der Waals surface area contributed by atoms with E-state index in [1.54, 1.807) is 0 Å². The molecular weight excluding hydrogens is 306 g/mol. The molecule has 0 atom stereocenters. The Balaban J connectivity index is -0.000000201. The Kier molecular flexibility index (Phi) is 25.1. The van der Waals surface area contributed by atoms with Gasteiger partial charge in [-0.05, 0) is 44.7 Å². The highest BCUT2D eigenvalue weighted by Gasteiger charge is 2.22. The van der Waals surface area contributed by atoms with E-state index in [-0.39, 0.29) is 20.8 Å². The van der Waals surface area contributed by atoms with Crippen LogP contribution in [-0.2, 0) is 8.91 Å². The Hall–Kier alpha value is -0.396. The van der Waals surface area contributed by atoms with E-state index in [1.807, 2.05) is 0 Å². The van der Waals surface area contributed by atoms with Crippen LogP contribution in [0.1, 0.15) is 54.4 Å².